The van der Waals surface area contributed by atoms with Gasteiger partial charge in [-0.25, -0.2) is 4.98 Å². The number of imidazole rings is 1. The molecule has 0 radical (unpaired) electrons. The number of fused-ring (bicyclic) bond motifs is 1. The average Bonchev–Trinajstić information content (AvgIpc) is 2.84. The van der Waals surface area contributed by atoms with E-state index in [1.165, 1.54) is 0 Å². The van der Waals surface area contributed by atoms with Crippen LogP contribution in [0.25, 0.3) is 16.7 Å². The van der Waals surface area contributed by atoms with Crippen LogP contribution in [0.2, 0.25) is 10.3 Å². The van der Waals surface area contributed by atoms with Gasteiger partial charge in [0.2, 0.25) is 5.28 Å². The molecule has 0 N–H and O–H groups in total. The third kappa shape index (κ3) is 3.06. The first kappa shape index (κ1) is 15.2. The second-order valence-corrected chi connectivity index (χ2v) is 5.82. The minimum atomic E-state index is 0.414. The van der Waals surface area contributed by atoms with E-state index in [4.69, 9.17) is 27.9 Å². The quantitative estimate of drug-likeness (QED) is 0.575. The van der Waals surface area contributed by atoms with Crippen LogP contribution in [-0.4, -0.2) is 16.2 Å². The van der Waals surface area contributed by atoms with Crippen LogP contribution < -0.4 is 4.74 Å². The number of hydrogen-bond donors (Lipinski definition) is 0. The van der Waals surface area contributed by atoms with Crippen molar-refractivity contribution in [2.75, 3.05) is 6.61 Å². The molecule has 114 valence electrons. The molecule has 0 unspecified atom stereocenters. The zero-order valence-electron chi connectivity index (χ0n) is 12.2. The van der Waals surface area contributed by atoms with E-state index in [0.717, 1.165) is 41.9 Å². The summed E-state index contributed by atoms with van der Waals surface area (Å²) in [6.45, 7) is 2.88. The summed E-state index contributed by atoms with van der Waals surface area (Å²) < 4.78 is 7.55. The number of nitrogens with zero attached hydrogens (tertiary/aromatic N) is 2. The maximum atomic E-state index is 6.27. The highest BCUT2D eigenvalue weighted by atomic mass is 35.5. The molecular formula is C17H16Cl2N2O. The van der Waals surface area contributed by atoms with Crippen molar-refractivity contribution in [3.05, 3.63) is 52.8 Å². The van der Waals surface area contributed by atoms with Crippen molar-refractivity contribution in [2.24, 2.45) is 0 Å². The van der Waals surface area contributed by atoms with Gasteiger partial charge in [-0.15, -0.1) is 0 Å². The standard InChI is InChI=1S/C17H16Cl2N2O/c1-2-3-10-22-14-7-5-13(6-8-14)21-16-11-12(18)4-9-15(16)20-17(21)19/h4-9,11H,2-3,10H2,1H3. The molecule has 0 spiro atoms. The highest BCUT2D eigenvalue weighted by Gasteiger charge is 2.11. The first-order valence-corrected chi connectivity index (χ1v) is 8.01. The fraction of sp³-hybridized carbons (Fsp3) is 0.235. The van der Waals surface area contributed by atoms with E-state index >= 15 is 0 Å². The third-order valence-electron chi connectivity index (χ3n) is 3.44. The third-order valence-corrected chi connectivity index (χ3v) is 3.93. The molecule has 0 saturated heterocycles. The maximum absolute atomic E-state index is 6.27. The van der Waals surface area contributed by atoms with E-state index in [9.17, 15) is 0 Å². The van der Waals surface area contributed by atoms with Gasteiger partial charge in [-0.2, -0.15) is 0 Å². The molecule has 0 fully saturated rings. The first-order valence-electron chi connectivity index (χ1n) is 7.26. The van der Waals surface area contributed by atoms with Gasteiger partial charge in [-0.3, -0.25) is 4.57 Å². The zero-order valence-corrected chi connectivity index (χ0v) is 13.7. The average molecular weight is 335 g/mol. The number of ether oxygens (including phenoxy) is 1. The largest absolute Gasteiger partial charge is 0.494 e. The van der Waals surface area contributed by atoms with Crippen LogP contribution in [0.1, 0.15) is 19.8 Å². The smallest absolute Gasteiger partial charge is 0.208 e. The van der Waals surface area contributed by atoms with Crippen molar-refractivity contribution >= 4 is 34.2 Å². The van der Waals surface area contributed by atoms with Crippen LogP contribution in [0.15, 0.2) is 42.5 Å². The SMILES string of the molecule is CCCCOc1ccc(-n2c(Cl)nc3ccc(Cl)cc32)cc1. The Morgan fingerprint density at radius 1 is 1.09 bits per heavy atom. The lowest BCUT2D eigenvalue weighted by Crippen LogP contribution is -1.98. The molecule has 3 rings (SSSR count). The lowest BCUT2D eigenvalue weighted by atomic mass is 10.2. The minimum absolute atomic E-state index is 0.414. The Morgan fingerprint density at radius 2 is 1.86 bits per heavy atom. The summed E-state index contributed by atoms with van der Waals surface area (Å²) in [5, 5.41) is 1.07. The van der Waals surface area contributed by atoms with Crippen molar-refractivity contribution in [3.63, 3.8) is 0 Å². The molecule has 0 aliphatic carbocycles. The molecule has 0 atom stereocenters. The molecule has 0 bridgehead atoms. The fourth-order valence-electron chi connectivity index (χ4n) is 2.29. The number of aromatic nitrogens is 2. The normalized spacial score (nSPS) is 11.0. The number of rotatable bonds is 5. The van der Waals surface area contributed by atoms with E-state index in [1.807, 2.05) is 47.0 Å². The van der Waals surface area contributed by atoms with Crippen LogP contribution in [0.3, 0.4) is 0 Å². The summed E-state index contributed by atoms with van der Waals surface area (Å²) in [6, 6.07) is 13.4. The highest BCUT2D eigenvalue weighted by molar-refractivity contribution is 6.32. The Balaban J connectivity index is 1.94. The molecular weight excluding hydrogens is 319 g/mol. The van der Waals surface area contributed by atoms with Crippen molar-refractivity contribution in [1.29, 1.82) is 0 Å². The molecule has 0 aliphatic heterocycles. The fourth-order valence-corrected chi connectivity index (χ4v) is 2.74. The van der Waals surface area contributed by atoms with Crippen molar-refractivity contribution < 1.29 is 4.74 Å². The van der Waals surface area contributed by atoms with E-state index in [-0.39, 0.29) is 0 Å². The monoisotopic (exact) mass is 334 g/mol. The molecule has 0 amide bonds. The second kappa shape index (κ2) is 6.59. The molecule has 0 saturated carbocycles. The Labute approximate surface area is 139 Å². The van der Waals surface area contributed by atoms with Crippen molar-refractivity contribution in [3.8, 4) is 11.4 Å². The van der Waals surface area contributed by atoms with Crippen LogP contribution in [0.4, 0.5) is 0 Å². The Morgan fingerprint density at radius 3 is 2.59 bits per heavy atom. The summed E-state index contributed by atoms with van der Waals surface area (Å²) in [5.74, 6) is 0.857. The summed E-state index contributed by atoms with van der Waals surface area (Å²) in [6.07, 6.45) is 2.17. The van der Waals surface area contributed by atoms with Crippen LogP contribution in [-0.2, 0) is 0 Å². The van der Waals surface area contributed by atoms with E-state index < -0.39 is 0 Å². The topological polar surface area (TPSA) is 27.1 Å². The van der Waals surface area contributed by atoms with E-state index in [1.54, 1.807) is 0 Å². The van der Waals surface area contributed by atoms with E-state index in [2.05, 4.69) is 11.9 Å². The lowest BCUT2D eigenvalue weighted by molar-refractivity contribution is 0.309. The van der Waals surface area contributed by atoms with Gasteiger partial charge in [-0.05, 0) is 60.5 Å². The van der Waals surface area contributed by atoms with Gasteiger partial charge in [0, 0.05) is 10.7 Å². The summed E-state index contributed by atoms with van der Waals surface area (Å²) in [4.78, 5) is 4.35. The summed E-state index contributed by atoms with van der Waals surface area (Å²) in [5.41, 5.74) is 2.63. The van der Waals surface area contributed by atoms with Crippen LogP contribution in [0.5, 0.6) is 5.75 Å². The predicted octanol–water partition coefficient (Wildman–Crippen LogP) is 5.51. The highest BCUT2D eigenvalue weighted by Crippen LogP contribution is 2.27. The Bertz CT molecular complexity index is 781. The zero-order chi connectivity index (χ0) is 15.5. The number of halogens is 2. The van der Waals surface area contributed by atoms with Gasteiger partial charge in [0.1, 0.15) is 5.75 Å². The molecule has 2 aromatic carbocycles. The first-order chi connectivity index (χ1) is 10.7. The Hall–Kier alpha value is -1.71. The van der Waals surface area contributed by atoms with Gasteiger partial charge in [0.15, 0.2) is 0 Å². The van der Waals surface area contributed by atoms with Gasteiger partial charge in [0.05, 0.1) is 17.6 Å². The maximum Gasteiger partial charge on any atom is 0.208 e. The molecule has 1 aromatic heterocycles. The Kier molecular flexibility index (Phi) is 4.55. The van der Waals surface area contributed by atoms with Crippen LogP contribution >= 0.6 is 23.2 Å². The molecule has 3 aromatic rings. The van der Waals surface area contributed by atoms with Crippen molar-refractivity contribution in [2.45, 2.75) is 19.8 Å². The molecule has 5 heteroatoms. The van der Waals surface area contributed by atoms with Gasteiger partial charge < -0.3 is 4.74 Å². The predicted molar refractivity (Wildman–Crippen MR) is 91.5 cm³/mol. The number of unbranched alkanes of at least 4 members (excludes halogenated alkanes) is 1. The van der Waals surface area contributed by atoms with Crippen molar-refractivity contribution in [1.82, 2.24) is 9.55 Å². The van der Waals surface area contributed by atoms with Gasteiger partial charge in [0.25, 0.3) is 0 Å². The lowest BCUT2D eigenvalue weighted by Gasteiger charge is -2.09. The molecule has 3 nitrogen and oxygen atoms in total. The number of hydrogen-bond acceptors (Lipinski definition) is 2. The summed E-state index contributed by atoms with van der Waals surface area (Å²) in [7, 11) is 0. The van der Waals surface area contributed by atoms with E-state index in [0.29, 0.717) is 10.3 Å². The summed E-state index contributed by atoms with van der Waals surface area (Å²) >= 11 is 12.4. The van der Waals surface area contributed by atoms with Crippen LogP contribution in [0, 0.1) is 0 Å². The molecule has 0 aliphatic rings. The van der Waals surface area contributed by atoms with Gasteiger partial charge in [-0.1, -0.05) is 24.9 Å². The second-order valence-electron chi connectivity index (χ2n) is 5.05. The van der Waals surface area contributed by atoms with Gasteiger partial charge >= 0.3 is 0 Å². The molecule has 22 heavy (non-hydrogen) atoms. The number of benzene rings is 2. The molecule has 1 heterocycles. The minimum Gasteiger partial charge on any atom is -0.494 e.